The molecular weight excluding hydrogens is 284 g/mol. The SMILES string of the molecule is O=C(C=Cn1ccc2ccccc21)Nc1ccc(Cl)cc1. The fraction of sp³-hybridized carbons (Fsp3) is 0. The minimum atomic E-state index is -0.185. The second kappa shape index (κ2) is 5.85. The monoisotopic (exact) mass is 296 g/mol. The molecule has 3 nitrogen and oxygen atoms in total. The van der Waals surface area contributed by atoms with Gasteiger partial charge in [0.05, 0.1) is 5.52 Å². The van der Waals surface area contributed by atoms with Crippen LogP contribution in [0, 0.1) is 0 Å². The van der Waals surface area contributed by atoms with Crippen molar-refractivity contribution in [2.45, 2.75) is 0 Å². The first-order chi connectivity index (χ1) is 10.2. The summed E-state index contributed by atoms with van der Waals surface area (Å²) in [6.07, 6.45) is 5.17. The Bertz CT molecular complexity index is 803. The number of benzene rings is 2. The second-order valence-electron chi connectivity index (χ2n) is 4.59. The van der Waals surface area contributed by atoms with Crippen molar-refractivity contribution in [1.29, 1.82) is 0 Å². The van der Waals surface area contributed by atoms with Crippen molar-refractivity contribution in [1.82, 2.24) is 4.57 Å². The van der Waals surface area contributed by atoms with E-state index in [2.05, 4.69) is 5.32 Å². The summed E-state index contributed by atoms with van der Waals surface area (Å²) in [6.45, 7) is 0. The summed E-state index contributed by atoms with van der Waals surface area (Å²) in [4.78, 5) is 11.9. The molecule has 1 heterocycles. The van der Waals surface area contributed by atoms with Gasteiger partial charge in [-0.15, -0.1) is 0 Å². The zero-order valence-corrected chi connectivity index (χ0v) is 11.9. The van der Waals surface area contributed by atoms with Crippen LogP contribution in [0.5, 0.6) is 0 Å². The lowest BCUT2D eigenvalue weighted by atomic mass is 10.2. The summed E-state index contributed by atoms with van der Waals surface area (Å²) < 4.78 is 1.91. The van der Waals surface area contributed by atoms with Gasteiger partial charge in [0.15, 0.2) is 0 Å². The molecule has 0 saturated heterocycles. The molecule has 3 aromatic rings. The molecule has 4 heteroatoms. The Kier molecular flexibility index (Phi) is 3.75. The van der Waals surface area contributed by atoms with E-state index >= 15 is 0 Å². The van der Waals surface area contributed by atoms with Crippen LogP contribution in [0.3, 0.4) is 0 Å². The van der Waals surface area contributed by atoms with Gasteiger partial charge in [-0.3, -0.25) is 4.79 Å². The first-order valence-electron chi connectivity index (χ1n) is 6.53. The lowest BCUT2D eigenvalue weighted by Crippen LogP contribution is -2.07. The number of amides is 1. The lowest BCUT2D eigenvalue weighted by Gasteiger charge is -2.02. The predicted octanol–water partition coefficient (Wildman–Crippen LogP) is 4.40. The van der Waals surface area contributed by atoms with Gasteiger partial charge >= 0.3 is 0 Å². The van der Waals surface area contributed by atoms with Crippen molar-refractivity contribution >= 4 is 40.3 Å². The maximum atomic E-state index is 11.9. The van der Waals surface area contributed by atoms with Crippen LogP contribution in [0.25, 0.3) is 17.1 Å². The third-order valence-corrected chi connectivity index (χ3v) is 3.38. The number of aromatic nitrogens is 1. The van der Waals surface area contributed by atoms with Gasteiger partial charge in [-0.2, -0.15) is 0 Å². The number of nitrogens with zero attached hydrogens (tertiary/aromatic N) is 1. The molecule has 0 atom stereocenters. The van der Waals surface area contributed by atoms with E-state index in [9.17, 15) is 4.79 Å². The van der Waals surface area contributed by atoms with Gasteiger partial charge in [0.25, 0.3) is 0 Å². The van der Waals surface area contributed by atoms with E-state index < -0.39 is 0 Å². The molecule has 0 saturated carbocycles. The van der Waals surface area contributed by atoms with Crippen molar-refractivity contribution < 1.29 is 4.79 Å². The van der Waals surface area contributed by atoms with Crippen LogP contribution in [0.2, 0.25) is 5.02 Å². The normalized spacial score (nSPS) is 11.1. The number of carbonyl (C=O) groups is 1. The number of anilines is 1. The number of carbonyl (C=O) groups excluding carboxylic acids is 1. The predicted molar refractivity (Wildman–Crippen MR) is 87.3 cm³/mol. The van der Waals surface area contributed by atoms with Crippen LogP contribution < -0.4 is 5.32 Å². The molecule has 104 valence electrons. The molecule has 0 bridgehead atoms. The highest BCUT2D eigenvalue weighted by Crippen LogP contribution is 2.16. The van der Waals surface area contributed by atoms with Crippen molar-refractivity contribution in [3.05, 3.63) is 71.9 Å². The average molecular weight is 297 g/mol. The molecule has 3 rings (SSSR count). The van der Waals surface area contributed by atoms with Gasteiger partial charge in [0, 0.05) is 29.2 Å². The van der Waals surface area contributed by atoms with Gasteiger partial charge in [0.1, 0.15) is 0 Å². The third-order valence-electron chi connectivity index (χ3n) is 3.13. The minimum Gasteiger partial charge on any atom is -0.323 e. The van der Waals surface area contributed by atoms with E-state index in [4.69, 9.17) is 11.6 Å². The van der Waals surface area contributed by atoms with E-state index in [0.29, 0.717) is 10.7 Å². The Balaban J connectivity index is 1.73. The number of nitrogens with one attached hydrogen (secondary N) is 1. The van der Waals surface area contributed by atoms with Crippen molar-refractivity contribution in [3.63, 3.8) is 0 Å². The Morgan fingerprint density at radius 2 is 1.81 bits per heavy atom. The van der Waals surface area contributed by atoms with Gasteiger partial charge in [-0.05, 0) is 41.8 Å². The molecule has 0 aliphatic rings. The zero-order chi connectivity index (χ0) is 14.7. The molecule has 0 aliphatic carbocycles. The van der Waals surface area contributed by atoms with Gasteiger partial charge in [-0.25, -0.2) is 0 Å². The lowest BCUT2D eigenvalue weighted by molar-refractivity contribution is -0.111. The quantitative estimate of drug-likeness (QED) is 0.714. The number of para-hydroxylation sites is 1. The highest BCUT2D eigenvalue weighted by Gasteiger charge is 1.99. The fourth-order valence-corrected chi connectivity index (χ4v) is 2.23. The van der Waals surface area contributed by atoms with Crippen LogP contribution >= 0.6 is 11.6 Å². The average Bonchev–Trinajstić information content (AvgIpc) is 2.91. The summed E-state index contributed by atoms with van der Waals surface area (Å²) in [6, 6.07) is 17.0. The number of halogens is 1. The molecule has 2 aromatic carbocycles. The molecule has 0 aliphatic heterocycles. The number of rotatable bonds is 3. The molecule has 0 spiro atoms. The Morgan fingerprint density at radius 3 is 2.62 bits per heavy atom. The van der Waals surface area contributed by atoms with Crippen molar-refractivity contribution in [2.75, 3.05) is 5.32 Å². The van der Waals surface area contributed by atoms with Crippen molar-refractivity contribution in [2.24, 2.45) is 0 Å². The molecule has 21 heavy (non-hydrogen) atoms. The van der Waals surface area contributed by atoms with Crippen LogP contribution in [0.1, 0.15) is 0 Å². The summed E-state index contributed by atoms with van der Waals surface area (Å²) in [5.41, 5.74) is 1.78. The highest BCUT2D eigenvalue weighted by atomic mass is 35.5. The summed E-state index contributed by atoms with van der Waals surface area (Å²) in [5, 5.41) is 4.56. The number of hydrogen-bond acceptors (Lipinski definition) is 1. The maximum Gasteiger partial charge on any atom is 0.249 e. The summed E-state index contributed by atoms with van der Waals surface area (Å²) in [7, 11) is 0. The zero-order valence-electron chi connectivity index (χ0n) is 11.2. The molecule has 0 unspecified atom stereocenters. The minimum absolute atomic E-state index is 0.185. The number of fused-ring (bicyclic) bond motifs is 1. The highest BCUT2D eigenvalue weighted by molar-refractivity contribution is 6.30. The van der Waals surface area contributed by atoms with E-state index in [-0.39, 0.29) is 5.91 Å². The fourth-order valence-electron chi connectivity index (χ4n) is 2.10. The van der Waals surface area contributed by atoms with E-state index in [1.807, 2.05) is 41.1 Å². The molecule has 0 radical (unpaired) electrons. The van der Waals surface area contributed by atoms with Gasteiger partial charge in [0.2, 0.25) is 5.91 Å². The Labute approximate surface area is 127 Å². The van der Waals surface area contributed by atoms with Crippen molar-refractivity contribution in [3.8, 4) is 0 Å². The maximum absolute atomic E-state index is 11.9. The van der Waals surface area contributed by atoms with Crippen LogP contribution in [-0.4, -0.2) is 10.5 Å². The van der Waals surface area contributed by atoms with E-state index in [1.165, 1.54) is 6.08 Å². The topological polar surface area (TPSA) is 34.0 Å². The summed E-state index contributed by atoms with van der Waals surface area (Å²) in [5.74, 6) is -0.185. The molecule has 1 aromatic heterocycles. The first kappa shape index (κ1) is 13.5. The van der Waals surface area contributed by atoms with Crippen LogP contribution in [0.4, 0.5) is 5.69 Å². The van der Waals surface area contributed by atoms with Crippen LogP contribution in [0.15, 0.2) is 66.9 Å². The standard InChI is InChI=1S/C17H13ClN2O/c18-14-5-7-15(8-6-14)19-17(21)10-12-20-11-9-13-3-1-2-4-16(13)20/h1-12H,(H,19,21). The second-order valence-corrected chi connectivity index (χ2v) is 5.03. The molecule has 0 fully saturated rings. The van der Waals surface area contributed by atoms with E-state index in [0.717, 1.165) is 10.9 Å². The first-order valence-corrected chi connectivity index (χ1v) is 6.90. The van der Waals surface area contributed by atoms with Gasteiger partial charge < -0.3 is 9.88 Å². The van der Waals surface area contributed by atoms with E-state index in [1.54, 1.807) is 30.5 Å². The van der Waals surface area contributed by atoms with Crippen LogP contribution in [-0.2, 0) is 4.79 Å². The smallest absolute Gasteiger partial charge is 0.249 e. The third kappa shape index (κ3) is 3.15. The molecular formula is C17H13ClN2O. The molecule has 1 N–H and O–H groups in total. The van der Waals surface area contributed by atoms with Gasteiger partial charge in [-0.1, -0.05) is 29.8 Å². The summed E-state index contributed by atoms with van der Waals surface area (Å²) >= 11 is 5.80. The molecule has 1 amide bonds. The number of hydrogen-bond donors (Lipinski definition) is 1. The largest absolute Gasteiger partial charge is 0.323 e. The Hall–Kier alpha value is -2.52. The Morgan fingerprint density at radius 1 is 1.05 bits per heavy atom.